The molecule has 1 aliphatic rings. The van der Waals surface area contributed by atoms with E-state index in [4.69, 9.17) is 11.8 Å². The number of nitrogens with one attached hydrogen (secondary N) is 2. The molecule has 1 unspecified atom stereocenters. The summed E-state index contributed by atoms with van der Waals surface area (Å²) in [6, 6.07) is 0. The molecule has 0 radical (unpaired) electrons. The molecule has 1 atom stereocenters. The van der Waals surface area contributed by atoms with Crippen LogP contribution < -0.4 is 10.5 Å². The van der Waals surface area contributed by atoms with Gasteiger partial charge in [0, 0.05) is 11.4 Å². The van der Waals surface area contributed by atoms with Crippen LogP contribution in [0.3, 0.4) is 0 Å². The SMILES string of the molecule is C[N+]1=C(NC(C)(C)C)SP(=S)(S)N1. The lowest BCUT2D eigenvalue weighted by atomic mass is 10.1. The maximum atomic E-state index is 5.28. The van der Waals surface area contributed by atoms with Crippen molar-refractivity contribution in [3.8, 4) is 0 Å². The first kappa shape index (κ1) is 11.7. The van der Waals surface area contributed by atoms with Crippen LogP contribution in [-0.2, 0) is 11.8 Å². The minimum atomic E-state index is -1.72. The molecule has 0 aromatic rings. The number of thiol groups is 1. The molecule has 0 aromatic carbocycles. The molecular formula is C6H15N3PS3+. The van der Waals surface area contributed by atoms with E-state index in [0.29, 0.717) is 0 Å². The van der Waals surface area contributed by atoms with Crippen molar-refractivity contribution < 1.29 is 4.68 Å². The Morgan fingerprint density at radius 3 is 2.46 bits per heavy atom. The van der Waals surface area contributed by atoms with E-state index in [1.54, 1.807) is 11.4 Å². The number of hydrogen-bond donors (Lipinski definition) is 3. The molecule has 0 aliphatic carbocycles. The predicted molar refractivity (Wildman–Crippen MR) is 68.1 cm³/mol. The van der Waals surface area contributed by atoms with Gasteiger partial charge in [0.1, 0.15) is 7.05 Å². The molecule has 1 aliphatic heterocycles. The van der Waals surface area contributed by atoms with Gasteiger partial charge in [-0.2, -0.15) is 4.68 Å². The Morgan fingerprint density at radius 1 is 1.62 bits per heavy atom. The van der Waals surface area contributed by atoms with Crippen molar-refractivity contribution in [1.29, 1.82) is 0 Å². The molecule has 0 aromatic heterocycles. The lowest BCUT2D eigenvalue weighted by Crippen LogP contribution is -2.42. The van der Waals surface area contributed by atoms with E-state index in [0.717, 1.165) is 5.17 Å². The minimum absolute atomic E-state index is 0.0612. The topological polar surface area (TPSA) is 27.1 Å². The van der Waals surface area contributed by atoms with Crippen LogP contribution in [-0.4, -0.2) is 22.4 Å². The van der Waals surface area contributed by atoms with Gasteiger partial charge in [0.25, 0.3) is 0 Å². The highest BCUT2D eigenvalue weighted by atomic mass is 33.2. The van der Waals surface area contributed by atoms with Gasteiger partial charge in [0.2, 0.25) is 0 Å². The summed E-state index contributed by atoms with van der Waals surface area (Å²) >= 11 is 11.3. The highest BCUT2D eigenvalue weighted by Gasteiger charge is 2.34. The molecule has 3 nitrogen and oxygen atoms in total. The van der Waals surface area contributed by atoms with Gasteiger partial charge in [-0.25, -0.2) is 5.20 Å². The highest BCUT2D eigenvalue weighted by Crippen LogP contribution is 2.62. The molecule has 76 valence electrons. The molecule has 0 amide bonds. The molecular weight excluding hydrogens is 241 g/mol. The number of hydrogen-bond acceptors (Lipinski definition) is 3. The van der Waals surface area contributed by atoms with Crippen LogP contribution >= 0.6 is 28.2 Å². The second-order valence-corrected chi connectivity index (χ2v) is 13.7. The fourth-order valence-corrected chi connectivity index (χ4v) is 6.00. The summed E-state index contributed by atoms with van der Waals surface area (Å²) in [6.45, 7) is 6.36. The summed E-state index contributed by atoms with van der Waals surface area (Å²) in [5, 5.41) is 7.59. The first-order chi connectivity index (χ1) is 5.70. The Labute approximate surface area is 93.7 Å². The fourth-order valence-electron chi connectivity index (χ4n) is 0.861. The van der Waals surface area contributed by atoms with Gasteiger partial charge in [0.05, 0.1) is 5.54 Å². The Bertz CT molecular complexity index is 294. The monoisotopic (exact) mass is 256 g/mol. The van der Waals surface area contributed by atoms with Gasteiger partial charge in [-0.1, -0.05) is 0 Å². The van der Waals surface area contributed by atoms with Crippen LogP contribution in [0, 0.1) is 0 Å². The van der Waals surface area contributed by atoms with E-state index in [-0.39, 0.29) is 5.54 Å². The standard InChI is InChI=1S/C6H14N3PS3/c1-6(2,3)7-5-9(4)8-10(11,12)13-5/h1-4H3,(H2,8,11,12)/p+1. The highest BCUT2D eigenvalue weighted by molar-refractivity contribution is 8.99. The van der Waals surface area contributed by atoms with Gasteiger partial charge >= 0.3 is 5.17 Å². The molecule has 13 heavy (non-hydrogen) atoms. The third-order valence-corrected chi connectivity index (χ3v) is 6.05. The first-order valence-corrected chi connectivity index (χ1v) is 9.26. The smallest absolute Gasteiger partial charge is 0.262 e. The summed E-state index contributed by atoms with van der Waals surface area (Å²) in [5.74, 6) is 0. The molecule has 7 heteroatoms. The minimum Gasteiger partial charge on any atom is -0.262 e. The summed E-state index contributed by atoms with van der Waals surface area (Å²) in [5.41, 5.74) is 0.0612. The Kier molecular flexibility index (Phi) is 3.28. The number of amidine groups is 1. The molecule has 0 saturated carbocycles. The van der Waals surface area contributed by atoms with Crippen molar-refractivity contribution in [2.24, 2.45) is 0 Å². The second-order valence-electron chi connectivity index (χ2n) is 3.95. The third kappa shape index (κ3) is 3.70. The summed E-state index contributed by atoms with van der Waals surface area (Å²) in [4.78, 5) is 0. The van der Waals surface area contributed by atoms with Crippen LogP contribution in [0.5, 0.6) is 0 Å². The zero-order valence-corrected chi connectivity index (χ0v) is 11.6. The van der Waals surface area contributed by atoms with Crippen LogP contribution in [0.25, 0.3) is 0 Å². The Morgan fingerprint density at radius 2 is 2.15 bits per heavy atom. The molecule has 1 heterocycles. The predicted octanol–water partition coefficient (Wildman–Crippen LogP) is 1.78. The largest absolute Gasteiger partial charge is 0.337 e. The van der Waals surface area contributed by atoms with E-state index in [1.165, 1.54) is 0 Å². The van der Waals surface area contributed by atoms with E-state index >= 15 is 0 Å². The van der Waals surface area contributed by atoms with Crippen LogP contribution in [0.4, 0.5) is 0 Å². The Hall–Kier alpha value is 0.620. The zero-order chi connectivity index (χ0) is 10.3. The van der Waals surface area contributed by atoms with E-state index in [1.807, 2.05) is 11.7 Å². The van der Waals surface area contributed by atoms with Crippen LogP contribution in [0.2, 0.25) is 0 Å². The molecule has 0 spiro atoms. The normalized spacial score (nSPS) is 29.0. The van der Waals surface area contributed by atoms with Gasteiger partial charge in [-0.15, -0.1) is 12.2 Å². The van der Waals surface area contributed by atoms with Crippen molar-refractivity contribution >= 4 is 45.2 Å². The average Bonchev–Trinajstić information content (AvgIpc) is 2.00. The van der Waals surface area contributed by atoms with E-state index < -0.39 is 4.59 Å². The average molecular weight is 256 g/mol. The summed E-state index contributed by atoms with van der Waals surface area (Å²) in [7, 11) is 1.95. The van der Waals surface area contributed by atoms with Gasteiger partial charge in [0.15, 0.2) is 4.59 Å². The molecule has 0 bridgehead atoms. The lowest BCUT2D eigenvalue weighted by Gasteiger charge is -2.14. The van der Waals surface area contributed by atoms with Crippen molar-refractivity contribution in [2.45, 2.75) is 26.3 Å². The lowest BCUT2D eigenvalue weighted by molar-refractivity contribution is -0.532. The first-order valence-electron chi connectivity index (χ1n) is 3.89. The molecule has 0 saturated heterocycles. The number of hydrazine groups is 1. The quantitative estimate of drug-likeness (QED) is 0.350. The number of rotatable bonds is 0. The van der Waals surface area contributed by atoms with Gasteiger partial charge in [-0.3, -0.25) is 5.32 Å². The van der Waals surface area contributed by atoms with Crippen LogP contribution in [0.1, 0.15) is 20.8 Å². The third-order valence-electron chi connectivity index (χ3n) is 1.27. The second kappa shape index (κ2) is 3.65. The maximum Gasteiger partial charge on any atom is 0.337 e. The zero-order valence-electron chi connectivity index (χ0n) is 8.16. The van der Waals surface area contributed by atoms with Crippen molar-refractivity contribution in [2.75, 3.05) is 7.05 Å². The molecule has 0 fully saturated rings. The fraction of sp³-hybridized carbons (Fsp3) is 0.833. The number of hydrazone groups is 1. The summed E-state index contributed by atoms with van der Waals surface area (Å²) < 4.78 is 0.200. The summed E-state index contributed by atoms with van der Waals surface area (Å²) in [6.07, 6.45) is 0. The Balaban J connectivity index is 2.73. The van der Waals surface area contributed by atoms with Crippen molar-refractivity contribution in [3.05, 3.63) is 0 Å². The molecule has 1 rings (SSSR count). The van der Waals surface area contributed by atoms with Crippen molar-refractivity contribution in [1.82, 2.24) is 10.5 Å². The number of nitrogens with zero attached hydrogens (tertiary/aromatic N) is 1. The van der Waals surface area contributed by atoms with E-state index in [2.05, 4.69) is 43.5 Å². The van der Waals surface area contributed by atoms with E-state index in [9.17, 15) is 0 Å². The van der Waals surface area contributed by atoms with Crippen LogP contribution in [0.15, 0.2) is 0 Å². The van der Waals surface area contributed by atoms with Gasteiger partial charge in [-0.05, 0) is 32.6 Å². The maximum absolute atomic E-state index is 5.28. The van der Waals surface area contributed by atoms with Gasteiger partial charge < -0.3 is 0 Å². The molecule has 2 N–H and O–H groups in total. The van der Waals surface area contributed by atoms with Crippen molar-refractivity contribution in [3.63, 3.8) is 0 Å².